The number of para-hydroxylation sites is 3. The maximum atomic E-state index is 13.7. The van der Waals surface area contributed by atoms with Crippen molar-refractivity contribution < 1.29 is 9.53 Å². The molecular formula is C28H28N2O2S. The second-order valence-corrected chi connectivity index (χ2v) is 8.59. The molecule has 0 aliphatic carbocycles. The highest BCUT2D eigenvalue weighted by molar-refractivity contribution is 8.19. The van der Waals surface area contributed by atoms with E-state index in [0.29, 0.717) is 16.7 Å². The molecule has 1 fully saturated rings. The van der Waals surface area contributed by atoms with Crippen molar-refractivity contribution in [3.63, 3.8) is 0 Å². The highest BCUT2D eigenvalue weighted by Gasteiger charge is 2.36. The molecule has 33 heavy (non-hydrogen) atoms. The maximum absolute atomic E-state index is 13.7. The summed E-state index contributed by atoms with van der Waals surface area (Å²) in [5.41, 5.74) is 4.92. The second-order valence-electron chi connectivity index (χ2n) is 7.58. The lowest BCUT2D eigenvalue weighted by Crippen LogP contribution is -2.29. The zero-order valence-electron chi connectivity index (χ0n) is 19.2. The molecule has 1 aliphatic rings. The largest absolute Gasteiger partial charge is 0.493 e. The van der Waals surface area contributed by atoms with Crippen LogP contribution in [0.15, 0.2) is 82.7 Å². The molecule has 0 saturated carbocycles. The Labute approximate surface area is 200 Å². The van der Waals surface area contributed by atoms with Crippen LogP contribution in [0.1, 0.15) is 37.5 Å². The molecule has 0 atom stereocenters. The van der Waals surface area contributed by atoms with Crippen LogP contribution >= 0.6 is 11.8 Å². The zero-order valence-corrected chi connectivity index (χ0v) is 20.1. The Morgan fingerprint density at radius 1 is 0.879 bits per heavy atom. The number of carbonyl (C=O) groups excluding carboxylic acids is 1. The van der Waals surface area contributed by atoms with Gasteiger partial charge in [-0.25, -0.2) is 4.99 Å². The summed E-state index contributed by atoms with van der Waals surface area (Å²) in [6.45, 7) is 6.74. The topological polar surface area (TPSA) is 41.9 Å². The lowest BCUT2D eigenvalue weighted by Gasteiger charge is -2.19. The first-order valence-electron chi connectivity index (χ1n) is 11.4. The van der Waals surface area contributed by atoms with Gasteiger partial charge < -0.3 is 4.74 Å². The van der Waals surface area contributed by atoms with Gasteiger partial charge in [-0.05, 0) is 66.9 Å². The Kier molecular flexibility index (Phi) is 7.30. The molecule has 3 aromatic rings. The molecular weight excluding hydrogens is 428 g/mol. The van der Waals surface area contributed by atoms with Gasteiger partial charge in [0.25, 0.3) is 5.91 Å². The average Bonchev–Trinajstić information content (AvgIpc) is 3.15. The predicted octanol–water partition coefficient (Wildman–Crippen LogP) is 7.02. The Hall–Kier alpha value is -3.31. The van der Waals surface area contributed by atoms with Crippen molar-refractivity contribution in [2.45, 2.75) is 33.6 Å². The highest BCUT2D eigenvalue weighted by atomic mass is 32.2. The van der Waals surface area contributed by atoms with Crippen LogP contribution in [-0.4, -0.2) is 17.7 Å². The van der Waals surface area contributed by atoms with E-state index in [1.54, 1.807) is 4.90 Å². The first kappa shape index (κ1) is 22.9. The van der Waals surface area contributed by atoms with Crippen molar-refractivity contribution in [3.05, 3.63) is 94.4 Å². The molecule has 0 spiro atoms. The third-order valence-electron chi connectivity index (χ3n) is 5.51. The molecule has 1 heterocycles. The van der Waals surface area contributed by atoms with Crippen LogP contribution in [0.4, 0.5) is 11.4 Å². The van der Waals surface area contributed by atoms with E-state index < -0.39 is 0 Å². The number of hydrogen-bond donors (Lipinski definition) is 0. The number of anilines is 1. The van der Waals surface area contributed by atoms with E-state index in [1.807, 2.05) is 73.7 Å². The lowest BCUT2D eigenvalue weighted by atomic mass is 10.1. The summed E-state index contributed by atoms with van der Waals surface area (Å²) in [5, 5.41) is 0.668. The molecule has 0 radical (unpaired) electrons. The van der Waals surface area contributed by atoms with Crippen molar-refractivity contribution in [1.82, 2.24) is 0 Å². The van der Waals surface area contributed by atoms with Gasteiger partial charge >= 0.3 is 0 Å². The minimum absolute atomic E-state index is 0.0695. The fraction of sp³-hybridized carbons (Fsp3) is 0.214. The quantitative estimate of drug-likeness (QED) is 0.359. The summed E-state index contributed by atoms with van der Waals surface area (Å²) in [6, 6.07) is 23.9. The van der Waals surface area contributed by atoms with Gasteiger partial charge in [0.05, 0.1) is 22.9 Å². The Balaban J connectivity index is 1.84. The van der Waals surface area contributed by atoms with Gasteiger partial charge in [0.2, 0.25) is 0 Å². The van der Waals surface area contributed by atoms with E-state index in [2.05, 4.69) is 26.0 Å². The average molecular weight is 457 g/mol. The Morgan fingerprint density at radius 3 is 2.30 bits per heavy atom. The van der Waals surface area contributed by atoms with Crippen LogP contribution in [-0.2, 0) is 17.6 Å². The molecule has 168 valence electrons. The summed E-state index contributed by atoms with van der Waals surface area (Å²) in [5.74, 6) is 0.697. The molecule has 5 heteroatoms. The van der Waals surface area contributed by atoms with Gasteiger partial charge in [-0.3, -0.25) is 9.69 Å². The summed E-state index contributed by atoms with van der Waals surface area (Å²) in [6.07, 6.45) is 3.62. The standard InChI is InChI=1S/C28H28N2O2S/c1-4-20-13-7-10-16-23(20)29-28-30(24-17-11-8-14-21(24)5-2)27(31)26(33-28)19-22-15-9-12-18-25(22)32-6-3/h7-19H,4-6H2,1-3H3/b26-19-,29-28?. The number of amidine groups is 1. The molecule has 0 bridgehead atoms. The summed E-state index contributed by atoms with van der Waals surface area (Å²) >= 11 is 1.41. The third-order valence-corrected chi connectivity index (χ3v) is 6.48. The van der Waals surface area contributed by atoms with E-state index in [1.165, 1.54) is 11.8 Å². The fourth-order valence-electron chi connectivity index (χ4n) is 3.84. The van der Waals surface area contributed by atoms with Crippen LogP contribution in [0.2, 0.25) is 0 Å². The molecule has 4 rings (SSSR count). The number of hydrogen-bond acceptors (Lipinski definition) is 4. The number of aryl methyl sites for hydroxylation is 2. The smallest absolute Gasteiger partial charge is 0.271 e. The van der Waals surface area contributed by atoms with E-state index in [-0.39, 0.29) is 5.91 Å². The second kappa shape index (κ2) is 10.5. The van der Waals surface area contributed by atoms with Gasteiger partial charge in [-0.2, -0.15) is 0 Å². The highest BCUT2D eigenvalue weighted by Crippen LogP contribution is 2.40. The van der Waals surface area contributed by atoms with Crippen molar-refractivity contribution in [2.24, 2.45) is 4.99 Å². The number of thioether (sulfide) groups is 1. The summed E-state index contributed by atoms with van der Waals surface area (Å²) in [4.78, 5) is 21.1. The van der Waals surface area contributed by atoms with Gasteiger partial charge in [-0.15, -0.1) is 0 Å². The maximum Gasteiger partial charge on any atom is 0.271 e. The first-order chi connectivity index (χ1) is 16.2. The molecule has 4 nitrogen and oxygen atoms in total. The molecule has 3 aromatic carbocycles. The normalized spacial score (nSPS) is 16.1. The van der Waals surface area contributed by atoms with E-state index in [4.69, 9.17) is 9.73 Å². The van der Waals surface area contributed by atoms with Crippen LogP contribution in [0.5, 0.6) is 5.75 Å². The molecule has 1 aliphatic heterocycles. The number of ether oxygens (including phenoxy) is 1. The Morgan fingerprint density at radius 2 is 1.55 bits per heavy atom. The predicted molar refractivity (Wildman–Crippen MR) is 139 cm³/mol. The molecule has 1 amide bonds. The summed E-state index contributed by atoms with van der Waals surface area (Å²) in [7, 11) is 0. The number of benzene rings is 3. The van der Waals surface area contributed by atoms with Crippen LogP contribution in [0.3, 0.4) is 0 Å². The van der Waals surface area contributed by atoms with Gasteiger partial charge in [-0.1, -0.05) is 68.4 Å². The minimum atomic E-state index is -0.0695. The van der Waals surface area contributed by atoms with Crippen LogP contribution < -0.4 is 9.64 Å². The van der Waals surface area contributed by atoms with Crippen molar-refractivity contribution >= 4 is 40.3 Å². The molecule has 0 aromatic heterocycles. The van der Waals surface area contributed by atoms with E-state index in [0.717, 1.165) is 46.7 Å². The number of amides is 1. The van der Waals surface area contributed by atoms with Crippen LogP contribution in [0, 0.1) is 0 Å². The number of aliphatic imine (C=N–C) groups is 1. The first-order valence-corrected chi connectivity index (χ1v) is 12.2. The van der Waals surface area contributed by atoms with Crippen molar-refractivity contribution in [3.8, 4) is 5.75 Å². The SMILES string of the molecule is CCOc1ccccc1/C=C1\SC(=Nc2ccccc2CC)N(c2ccccc2CC)C1=O. The Bertz CT molecular complexity index is 1220. The van der Waals surface area contributed by atoms with E-state index >= 15 is 0 Å². The number of carbonyl (C=O) groups is 1. The van der Waals surface area contributed by atoms with Crippen molar-refractivity contribution in [1.29, 1.82) is 0 Å². The molecule has 1 saturated heterocycles. The van der Waals surface area contributed by atoms with Gasteiger partial charge in [0.1, 0.15) is 5.75 Å². The zero-order chi connectivity index (χ0) is 23.2. The summed E-state index contributed by atoms with van der Waals surface area (Å²) < 4.78 is 5.77. The van der Waals surface area contributed by atoms with Crippen LogP contribution in [0.25, 0.3) is 6.08 Å². The van der Waals surface area contributed by atoms with Gasteiger partial charge in [0, 0.05) is 5.56 Å². The minimum Gasteiger partial charge on any atom is -0.493 e. The van der Waals surface area contributed by atoms with Gasteiger partial charge in [0.15, 0.2) is 5.17 Å². The van der Waals surface area contributed by atoms with E-state index in [9.17, 15) is 4.79 Å². The number of nitrogens with zero attached hydrogens (tertiary/aromatic N) is 2. The fourth-order valence-corrected chi connectivity index (χ4v) is 4.82. The number of rotatable bonds is 7. The van der Waals surface area contributed by atoms with Crippen molar-refractivity contribution in [2.75, 3.05) is 11.5 Å². The molecule has 0 unspecified atom stereocenters. The lowest BCUT2D eigenvalue weighted by molar-refractivity contribution is -0.113. The monoisotopic (exact) mass is 456 g/mol. The third kappa shape index (κ3) is 4.88. The molecule has 0 N–H and O–H groups in total.